The summed E-state index contributed by atoms with van der Waals surface area (Å²) < 4.78 is 0. The standard InChI is InChI=1S/C27H43N3O2/c1-6-20(2)19-28-25(31)24(21-9-7-8-10-21)29-15-17-30(18-16-29)26(32)22-11-13-23(14-12-22)27(3,4)5/h11-14,20-21,24H,6-10,15-19H2,1-5H3,(H,28,31). The van der Waals surface area contributed by atoms with Gasteiger partial charge in [0.25, 0.3) is 5.91 Å². The van der Waals surface area contributed by atoms with Gasteiger partial charge in [0.1, 0.15) is 0 Å². The van der Waals surface area contributed by atoms with Crippen LogP contribution < -0.4 is 5.32 Å². The summed E-state index contributed by atoms with van der Waals surface area (Å²) in [6.45, 7) is 14.6. The van der Waals surface area contributed by atoms with Gasteiger partial charge in [-0.25, -0.2) is 0 Å². The fourth-order valence-corrected chi connectivity index (χ4v) is 4.97. The number of nitrogens with zero attached hydrogens (tertiary/aromatic N) is 2. The summed E-state index contributed by atoms with van der Waals surface area (Å²) in [6.07, 6.45) is 5.80. The van der Waals surface area contributed by atoms with Crippen LogP contribution in [0.2, 0.25) is 0 Å². The predicted octanol–water partition coefficient (Wildman–Crippen LogP) is 4.46. The van der Waals surface area contributed by atoms with Gasteiger partial charge in [-0.05, 0) is 47.8 Å². The van der Waals surface area contributed by atoms with Crippen molar-refractivity contribution in [2.75, 3.05) is 32.7 Å². The van der Waals surface area contributed by atoms with Crippen molar-refractivity contribution in [3.05, 3.63) is 35.4 Å². The van der Waals surface area contributed by atoms with Crippen molar-refractivity contribution < 1.29 is 9.59 Å². The Bertz CT molecular complexity index is 754. The molecule has 0 aromatic heterocycles. The molecule has 1 saturated carbocycles. The number of benzene rings is 1. The van der Waals surface area contributed by atoms with E-state index in [1.54, 1.807) is 0 Å². The first kappa shape index (κ1) is 24.8. The number of carbonyl (C=O) groups is 2. The van der Waals surface area contributed by atoms with Gasteiger partial charge in [0.2, 0.25) is 5.91 Å². The maximum Gasteiger partial charge on any atom is 0.253 e. The topological polar surface area (TPSA) is 52.7 Å². The van der Waals surface area contributed by atoms with E-state index in [0.29, 0.717) is 24.9 Å². The van der Waals surface area contributed by atoms with Crippen molar-refractivity contribution in [2.24, 2.45) is 11.8 Å². The van der Waals surface area contributed by atoms with Crippen molar-refractivity contribution in [1.82, 2.24) is 15.1 Å². The highest BCUT2D eigenvalue weighted by Crippen LogP contribution is 2.31. The van der Waals surface area contributed by atoms with E-state index in [1.807, 2.05) is 17.0 Å². The van der Waals surface area contributed by atoms with E-state index in [2.05, 4.69) is 57.0 Å². The second-order valence-corrected chi connectivity index (χ2v) is 10.9. The quantitative estimate of drug-likeness (QED) is 0.680. The molecule has 1 heterocycles. The molecule has 0 radical (unpaired) electrons. The Morgan fingerprint density at radius 2 is 1.62 bits per heavy atom. The lowest BCUT2D eigenvalue weighted by Crippen LogP contribution is -2.58. The van der Waals surface area contributed by atoms with Gasteiger partial charge in [0, 0.05) is 38.3 Å². The Kier molecular flexibility index (Phi) is 8.37. The molecule has 1 saturated heterocycles. The molecular weight excluding hydrogens is 398 g/mol. The van der Waals surface area contributed by atoms with Crippen LogP contribution in [-0.2, 0) is 10.2 Å². The molecule has 5 nitrogen and oxygen atoms in total. The predicted molar refractivity (Wildman–Crippen MR) is 131 cm³/mol. The Morgan fingerprint density at radius 1 is 1.03 bits per heavy atom. The van der Waals surface area contributed by atoms with E-state index in [9.17, 15) is 9.59 Å². The maximum absolute atomic E-state index is 13.2. The van der Waals surface area contributed by atoms with Crippen molar-refractivity contribution >= 4 is 11.8 Å². The molecule has 2 aliphatic rings. The summed E-state index contributed by atoms with van der Waals surface area (Å²) in [7, 11) is 0. The highest BCUT2D eigenvalue weighted by atomic mass is 16.2. The highest BCUT2D eigenvalue weighted by molar-refractivity contribution is 5.94. The smallest absolute Gasteiger partial charge is 0.253 e. The lowest BCUT2D eigenvalue weighted by molar-refractivity contribution is -0.129. The van der Waals surface area contributed by atoms with Crippen LogP contribution in [0.1, 0.15) is 82.6 Å². The molecule has 1 aromatic carbocycles. The zero-order valence-electron chi connectivity index (χ0n) is 20.8. The average Bonchev–Trinajstić information content (AvgIpc) is 3.31. The minimum atomic E-state index is -0.0510. The number of hydrogen-bond donors (Lipinski definition) is 1. The van der Waals surface area contributed by atoms with Gasteiger partial charge < -0.3 is 10.2 Å². The van der Waals surface area contributed by atoms with E-state index in [0.717, 1.165) is 44.5 Å². The van der Waals surface area contributed by atoms with E-state index < -0.39 is 0 Å². The molecule has 2 fully saturated rings. The van der Waals surface area contributed by atoms with Crippen LogP contribution in [-0.4, -0.2) is 60.4 Å². The molecule has 0 bridgehead atoms. The second kappa shape index (κ2) is 10.8. The number of rotatable bonds is 7. The van der Waals surface area contributed by atoms with Crippen LogP contribution in [0, 0.1) is 11.8 Å². The molecular formula is C27H43N3O2. The van der Waals surface area contributed by atoms with Gasteiger partial charge in [-0.2, -0.15) is 0 Å². The number of amides is 2. The van der Waals surface area contributed by atoms with Gasteiger partial charge in [0.15, 0.2) is 0 Å². The molecule has 1 aliphatic carbocycles. The van der Waals surface area contributed by atoms with Crippen LogP contribution in [0.4, 0.5) is 0 Å². The van der Waals surface area contributed by atoms with E-state index in [4.69, 9.17) is 0 Å². The molecule has 32 heavy (non-hydrogen) atoms. The van der Waals surface area contributed by atoms with Crippen LogP contribution in [0.3, 0.4) is 0 Å². The monoisotopic (exact) mass is 441 g/mol. The third-order valence-electron chi connectivity index (χ3n) is 7.43. The van der Waals surface area contributed by atoms with Crippen LogP contribution in [0.25, 0.3) is 0 Å². The largest absolute Gasteiger partial charge is 0.354 e. The Labute approximate surface area is 194 Å². The molecule has 0 spiro atoms. The molecule has 3 rings (SSSR count). The van der Waals surface area contributed by atoms with Crippen molar-refractivity contribution in [2.45, 2.75) is 78.2 Å². The van der Waals surface area contributed by atoms with Crippen molar-refractivity contribution in [1.29, 1.82) is 0 Å². The Morgan fingerprint density at radius 3 is 2.16 bits per heavy atom. The fraction of sp³-hybridized carbons (Fsp3) is 0.704. The summed E-state index contributed by atoms with van der Waals surface area (Å²) in [5.41, 5.74) is 2.07. The van der Waals surface area contributed by atoms with Gasteiger partial charge in [0.05, 0.1) is 6.04 Å². The lowest BCUT2D eigenvalue weighted by Gasteiger charge is -2.41. The minimum absolute atomic E-state index is 0.0510. The van der Waals surface area contributed by atoms with E-state index in [1.165, 1.54) is 18.4 Å². The molecule has 5 heteroatoms. The van der Waals surface area contributed by atoms with Crippen LogP contribution in [0.5, 0.6) is 0 Å². The summed E-state index contributed by atoms with van der Waals surface area (Å²) >= 11 is 0. The number of piperazine rings is 1. The van der Waals surface area contributed by atoms with E-state index in [-0.39, 0.29) is 23.3 Å². The van der Waals surface area contributed by atoms with Crippen molar-refractivity contribution in [3.8, 4) is 0 Å². The Hall–Kier alpha value is -1.88. The van der Waals surface area contributed by atoms with Crippen molar-refractivity contribution in [3.63, 3.8) is 0 Å². The minimum Gasteiger partial charge on any atom is -0.354 e. The molecule has 2 atom stereocenters. The molecule has 2 unspecified atom stereocenters. The first-order chi connectivity index (χ1) is 15.2. The molecule has 1 N–H and O–H groups in total. The van der Waals surface area contributed by atoms with Gasteiger partial charge in [-0.3, -0.25) is 14.5 Å². The number of hydrogen-bond acceptors (Lipinski definition) is 3. The third-order valence-corrected chi connectivity index (χ3v) is 7.43. The summed E-state index contributed by atoms with van der Waals surface area (Å²) in [6, 6.07) is 8.00. The number of nitrogens with one attached hydrogen (secondary N) is 1. The highest BCUT2D eigenvalue weighted by Gasteiger charge is 2.37. The van der Waals surface area contributed by atoms with Gasteiger partial charge in [-0.1, -0.05) is 66.0 Å². The molecule has 2 amide bonds. The summed E-state index contributed by atoms with van der Waals surface area (Å²) in [4.78, 5) is 30.5. The maximum atomic E-state index is 13.2. The Balaban J connectivity index is 1.61. The second-order valence-electron chi connectivity index (χ2n) is 10.9. The lowest BCUT2D eigenvalue weighted by atomic mass is 9.86. The zero-order valence-corrected chi connectivity index (χ0v) is 20.8. The zero-order chi connectivity index (χ0) is 23.3. The van der Waals surface area contributed by atoms with E-state index >= 15 is 0 Å². The SMILES string of the molecule is CCC(C)CNC(=O)C(C1CCCC1)N1CCN(C(=O)c2ccc(C(C)(C)C)cc2)CC1. The number of carbonyl (C=O) groups excluding carboxylic acids is 2. The fourth-order valence-electron chi connectivity index (χ4n) is 4.97. The average molecular weight is 442 g/mol. The third kappa shape index (κ3) is 6.12. The first-order valence-corrected chi connectivity index (χ1v) is 12.6. The van der Waals surface area contributed by atoms with Crippen LogP contribution in [0.15, 0.2) is 24.3 Å². The van der Waals surface area contributed by atoms with Crippen LogP contribution >= 0.6 is 0 Å². The molecule has 1 aromatic rings. The molecule has 178 valence electrons. The van der Waals surface area contributed by atoms with Gasteiger partial charge in [-0.15, -0.1) is 0 Å². The summed E-state index contributed by atoms with van der Waals surface area (Å²) in [5.74, 6) is 1.24. The first-order valence-electron chi connectivity index (χ1n) is 12.6. The summed E-state index contributed by atoms with van der Waals surface area (Å²) in [5, 5.41) is 3.22. The molecule has 1 aliphatic heterocycles. The normalized spacial score (nSPS) is 20.2. The van der Waals surface area contributed by atoms with Gasteiger partial charge >= 0.3 is 0 Å².